The van der Waals surface area contributed by atoms with E-state index in [1.807, 2.05) is 0 Å². The molecule has 0 spiro atoms. The molecule has 0 amide bonds. The lowest BCUT2D eigenvalue weighted by atomic mass is 9.84. The number of methoxy groups -OCH3 is 1. The summed E-state index contributed by atoms with van der Waals surface area (Å²) < 4.78 is 5.86. The Morgan fingerprint density at radius 1 is 1.28 bits per heavy atom. The number of hydrogen-bond donors (Lipinski definition) is 2. The molecule has 2 rings (SSSR count). The van der Waals surface area contributed by atoms with Crippen molar-refractivity contribution in [3.63, 3.8) is 0 Å². The fourth-order valence-electron chi connectivity index (χ4n) is 2.90. The molecule has 18 heavy (non-hydrogen) atoms. The van der Waals surface area contributed by atoms with Gasteiger partial charge in [0.15, 0.2) is 0 Å². The first-order valence-corrected chi connectivity index (χ1v) is 6.59. The quantitative estimate of drug-likeness (QED) is 0.483. The first-order valence-electron chi connectivity index (χ1n) is 6.59. The molecule has 1 saturated carbocycles. The molecular formula is C13H22N4O. The zero-order chi connectivity index (χ0) is 12.8. The van der Waals surface area contributed by atoms with Crippen LogP contribution in [0.15, 0.2) is 18.6 Å². The Labute approximate surface area is 108 Å². The molecule has 0 bridgehead atoms. The van der Waals surface area contributed by atoms with E-state index in [0.717, 1.165) is 18.5 Å². The molecule has 0 radical (unpaired) electrons. The molecule has 1 unspecified atom stereocenters. The average Bonchev–Trinajstić information content (AvgIpc) is 2.67. The Balaban J connectivity index is 2.27. The van der Waals surface area contributed by atoms with Crippen LogP contribution in [-0.2, 0) is 4.74 Å². The molecule has 0 aliphatic heterocycles. The molecular weight excluding hydrogens is 228 g/mol. The first kappa shape index (κ1) is 13.4. The van der Waals surface area contributed by atoms with E-state index in [1.165, 1.54) is 25.7 Å². The van der Waals surface area contributed by atoms with Gasteiger partial charge in [0.05, 0.1) is 23.5 Å². The van der Waals surface area contributed by atoms with Gasteiger partial charge in [-0.3, -0.25) is 15.8 Å². The van der Waals surface area contributed by atoms with Gasteiger partial charge in [-0.1, -0.05) is 25.7 Å². The van der Waals surface area contributed by atoms with Crippen LogP contribution in [0.5, 0.6) is 0 Å². The Morgan fingerprint density at radius 3 is 2.50 bits per heavy atom. The number of nitrogens with two attached hydrogens (primary N) is 1. The van der Waals surface area contributed by atoms with Crippen LogP contribution in [0, 0.1) is 0 Å². The number of ether oxygens (including phenoxy) is 1. The van der Waals surface area contributed by atoms with Crippen LogP contribution < -0.4 is 11.3 Å². The van der Waals surface area contributed by atoms with Crippen LogP contribution in [0.2, 0.25) is 0 Å². The molecule has 1 atom stereocenters. The fraction of sp³-hybridized carbons (Fsp3) is 0.692. The Bertz CT molecular complexity index is 349. The van der Waals surface area contributed by atoms with Crippen LogP contribution in [-0.4, -0.2) is 22.7 Å². The fourth-order valence-corrected chi connectivity index (χ4v) is 2.90. The molecule has 5 heteroatoms. The number of aromatic nitrogens is 2. The van der Waals surface area contributed by atoms with E-state index in [4.69, 9.17) is 10.6 Å². The first-order chi connectivity index (χ1) is 8.82. The van der Waals surface area contributed by atoms with Crippen molar-refractivity contribution in [3.8, 4) is 0 Å². The minimum atomic E-state index is -0.263. The normalized spacial score (nSPS) is 21.2. The maximum atomic E-state index is 5.86. The van der Waals surface area contributed by atoms with E-state index in [0.29, 0.717) is 0 Å². The van der Waals surface area contributed by atoms with E-state index in [9.17, 15) is 0 Å². The van der Waals surface area contributed by atoms with E-state index in [2.05, 4.69) is 15.4 Å². The number of nitrogens with zero attached hydrogens (tertiary/aromatic N) is 2. The maximum Gasteiger partial charge on any atom is 0.0936 e. The van der Waals surface area contributed by atoms with Crippen molar-refractivity contribution in [1.82, 2.24) is 15.4 Å². The van der Waals surface area contributed by atoms with E-state index < -0.39 is 0 Å². The summed E-state index contributed by atoms with van der Waals surface area (Å²) in [5, 5.41) is 0. The molecule has 100 valence electrons. The van der Waals surface area contributed by atoms with Crippen molar-refractivity contribution >= 4 is 0 Å². The topological polar surface area (TPSA) is 73.1 Å². The molecule has 1 aromatic heterocycles. The lowest BCUT2D eigenvalue weighted by molar-refractivity contribution is -0.0552. The molecule has 1 aromatic rings. The summed E-state index contributed by atoms with van der Waals surface area (Å²) in [6.07, 6.45) is 12.0. The van der Waals surface area contributed by atoms with E-state index in [-0.39, 0.29) is 11.6 Å². The summed E-state index contributed by atoms with van der Waals surface area (Å²) in [5.74, 6) is 5.75. The number of nitrogens with one attached hydrogen (secondary N) is 1. The zero-order valence-electron chi connectivity index (χ0n) is 10.9. The lowest BCUT2D eigenvalue weighted by Crippen LogP contribution is -2.48. The molecule has 0 saturated heterocycles. The zero-order valence-corrected chi connectivity index (χ0v) is 10.9. The second-order valence-electron chi connectivity index (χ2n) is 4.91. The van der Waals surface area contributed by atoms with E-state index in [1.54, 1.807) is 25.7 Å². The highest BCUT2D eigenvalue weighted by molar-refractivity contribution is 5.10. The van der Waals surface area contributed by atoms with Crippen molar-refractivity contribution in [2.45, 2.75) is 50.2 Å². The predicted molar refractivity (Wildman–Crippen MR) is 69.5 cm³/mol. The van der Waals surface area contributed by atoms with Crippen molar-refractivity contribution < 1.29 is 4.74 Å². The Hall–Kier alpha value is -1.04. The van der Waals surface area contributed by atoms with Gasteiger partial charge in [-0.25, -0.2) is 5.43 Å². The number of rotatable bonds is 4. The molecule has 1 heterocycles. The third kappa shape index (κ3) is 2.68. The average molecular weight is 250 g/mol. The summed E-state index contributed by atoms with van der Waals surface area (Å²) >= 11 is 0. The van der Waals surface area contributed by atoms with Crippen molar-refractivity contribution in [3.05, 3.63) is 24.3 Å². The van der Waals surface area contributed by atoms with Gasteiger partial charge >= 0.3 is 0 Å². The Morgan fingerprint density at radius 2 is 2.00 bits per heavy atom. The molecule has 3 N–H and O–H groups in total. The third-order valence-corrected chi connectivity index (χ3v) is 3.93. The monoisotopic (exact) mass is 250 g/mol. The van der Waals surface area contributed by atoms with Crippen LogP contribution >= 0.6 is 0 Å². The molecule has 1 aliphatic carbocycles. The summed E-state index contributed by atoms with van der Waals surface area (Å²) in [5.41, 5.74) is 3.47. The maximum absolute atomic E-state index is 5.86. The van der Waals surface area contributed by atoms with Gasteiger partial charge in [0.25, 0.3) is 0 Å². The van der Waals surface area contributed by atoms with Gasteiger partial charge in [0.2, 0.25) is 0 Å². The smallest absolute Gasteiger partial charge is 0.0936 e. The second-order valence-corrected chi connectivity index (χ2v) is 4.91. The highest BCUT2D eigenvalue weighted by atomic mass is 16.5. The highest BCUT2D eigenvalue weighted by Crippen LogP contribution is 2.39. The summed E-state index contributed by atoms with van der Waals surface area (Å²) in [6.45, 7) is 0. The van der Waals surface area contributed by atoms with Crippen molar-refractivity contribution in [1.29, 1.82) is 0 Å². The van der Waals surface area contributed by atoms with Gasteiger partial charge < -0.3 is 4.74 Å². The molecule has 1 aliphatic rings. The minimum absolute atomic E-state index is 0.103. The van der Waals surface area contributed by atoms with Gasteiger partial charge in [-0.05, 0) is 12.8 Å². The SMILES string of the molecule is COC1(C(NN)c2cnccn2)CCCCCC1. The van der Waals surface area contributed by atoms with Crippen molar-refractivity contribution in [2.24, 2.45) is 5.84 Å². The minimum Gasteiger partial charge on any atom is -0.376 e. The van der Waals surface area contributed by atoms with Crippen LogP contribution in [0.3, 0.4) is 0 Å². The lowest BCUT2D eigenvalue weighted by Gasteiger charge is -2.38. The molecule has 0 aromatic carbocycles. The molecule has 1 fully saturated rings. The molecule has 5 nitrogen and oxygen atoms in total. The predicted octanol–water partition coefficient (Wildman–Crippen LogP) is 1.72. The third-order valence-electron chi connectivity index (χ3n) is 3.93. The van der Waals surface area contributed by atoms with Crippen molar-refractivity contribution in [2.75, 3.05) is 7.11 Å². The Kier molecular flexibility index (Phi) is 4.63. The van der Waals surface area contributed by atoms with E-state index >= 15 is 0 Å². The summed E-state index contributed by atoms with van der Waals surface area (Å²) in [6, 6.07) is -0.103. The van der Waals surface area contributed by atoms with Gasteiger partial charge in [0, 0.05) is 19.5 Å². The largest absolute Gasteiger partial charge is 0.376 e. The summed E-state index contributed by atoms with van der Waals surface area (Å²) in [4.78, 5) is 8.49. The van der Waals surface area contributed by atoms with Gasteiger partial charge in [0.1, 0.15) is 0 Å². The number of hydrazine groups is 1. The van der Waals surface area contributed by atoms with Crippen LogP contribution in [0.1, 0.15) is 50.3 Å². The van der Waals surface area contributed by atoms with Crippen LogP contribution in [0.4, 0.5) is 0 Å². The highest BCUT2D eigenvalue weighted by Gasteiger charge is 2.40. The number of hydrogen-bond acceptors (Lipinski definition) is 5. The van der Waals surface area contributed by atoms with Gasteiger partial charge in [-0.2, -0.15) is 0 Å². The standard InChI is InChI=1S/C13H22N4O/c1-18-13(6-4-2-3-5-7-13)12(17-14)11-10-15-8-9-16-11/h8-10,12,17H,2-7,14H2,1H3. The van der Waals surface area contributed by atoms with Crippen LogP contribution in [0.25, 0.3) is 0 Å². The van der Waals surface area contributed by atoms with Gasteiger partial charge in [-0.15, -0.1) is 0 Å². The summed E-state index contributed by atoms with van der Waals surface area (Å²) in [7, 11) is 1.77. The second kappa shape index (κ2) is 6.22.